The zero-order chi connectivity index (χ0) is 20.1. The summed E-state index contributed by atoms with van der Waals surface area (Å²) < 4.78 is 5.65. The second-order valence-electron chi connectivity index (χ2n) is 6.82. The molecule has 0 aliphatic carbocycles. The topological polar surface area (TPSA) is 93.8 Å². The Bertz CT molecular complexity index is 911. The number of nitrogens with zero attached hydrogens (tertiary/aromatic N) is 1. The fourth-order valence-electron chi connectivity index (χ4n) is 2.95. The highest BCUT2D eigenvalue weighted by molar-refractivity contribution is 8.13. The minimum Gasteiger partial charge on any atom is -0.484 e. The highest BCUT2D eigenvalue weighted by Crippen LogP contribution is 2.36. The second kappa shape index (κ2) is 8.48. The van der Waals surface area contributed by atoms with Gasteiger partial charge in [0.05, 0.1) is 5.54 Å². The number of ether oxygens (including phenoxy) is 1. The molecule has 1 unspecified atom stereocenters. The van der Waals surface area contributed by atoms with Crippen LogP contribution in [0, 0.1) is 0 Å². The standard InChI is InChI=1S/C21H23N3O3S/c1-14(25)15-6-8-17(9-7-15)23-19(26)13-27-18-5-3-4-16(12-18)21(2)10-11-28-20(22)24-21/h3-9,12H,10-11,13H2,1-2H3,(H2,22,24)(H,23,26). The molecule has 0 radical (unpaired) electrons. The lowest BCUT2D eigenvalue weighted by molar-refractivity contribution is -0.118. The zero-order valence-electron chi connectivity index (χ0n) is 15.9. The smallest absolute Gasteiger partial charge is 0.262 e. The number of amidine groups is 1. The number of benzene rings is 2. The molecule has 2 aromatic carbocycles. The van der Waals surface area contributed by atoms with Gasteiger partial charge in [0.1, 0.15) is 5.75 Å². The van der Waals surface area contributed by atoms with E-state index in [1.54, 1.807) is 36.0 Å². The Kier molecular flexibility index (Phi) is 6.04. The zero-order valence-corrected chi connectivity index (χ0v) is 16.7. The van der Waals surface area contributed by atoms with E-state index in [9.17, 15) is 9.59 Å². The SMILES string of the molecule is CC(=O)c1ccc(NC(=O)COc2cccc(C3(C)CCSC(N)=N3)c2)cc1. The molecule has 3 N–H and O–H groups in total. The molecule has 2 aromatic rings. The van der Waals surface area contributed by atoms with Crippen LogP contribution >= 0.6 is 11.8 Å². The van der Waals surface area contributed by atoms with Crippen molar-refractivity contribution in [2.24, 2.45) is 10.7 Å². The number of Topliss-reactive ketones (excluding diaryl/α,β-unsaturated/α-hetero) is 1. The minimum absolute atomic E-state index is 0.0163. The van der Waals surface area contributed by atoms with E-state index < -0.39 is 0 Å². The van der Waals surface area contributed by atoms with Crippen LogP contribution in [0.5, 0.6) is 5.75 Å². The Morgan fingerprint density at radius 2 is 2.00 bits per heavy atom. The molecule has 3 rings (SSSR count). The van der Waals surface area contributed by atoms with Crippen molar-refractivity contribution in [2.75, 3.05) is 17.7 Å². The van der Waals surface area contributed by atoms with Crippen LogP contribution in [0.25, 0.3) is 0 Å². The van der Waals surface area contributed by atoms with E-state index in [1.807, 2.05) is 24.3 Å². The predicted molar refractivity (Wildman–Crippen MR) is 113 cm³/mol. The van der Waals surface area contributed by atoms with Gasteiger partial charge in [-0.15, -0.1) is 0 Å². The van der Waals surface area contributed by atoms with E-state index in [0.717, 1.165) is 17.7 Å². The van der Waals surface area contributed by atoms with E-state index in [0.29, 0.717) is 22.2 Å². The number of nitrogens with one attached hydrogen (secondary N) is 1. The number of nitrogens with two attached hydrogens (primary N) is 1. The summed E-state index contributed by atoms with van der Waals surface area (Å²) in [4.78, 5) is 28.0. The molecule has 6 nitrogen and oxygen atoms in total. The Morgan fingerprint density at radius 3 is 2.68 bits per heavy atom. The van der Waals surface area contributed by atoms with E-state index >= 15 is 0 Å². The number of thioether (sulfide) groups is 1. The quantitative estimate of drug-likeness (QED) is 0.727. The van der Waals surface area contributed by atoms with Gasteiger partial charge in [-0.25, -0.2) is 0 Å². The van der Waals surface area contributed by atoms with E-state index in [1.165, 1.54) is 6.92 Å². The normalized spacial score (nSPS) is 18.9. The van der Waals surface area contributed by atoms with Crippen LogP contribution in [-0.4, -0.2) is 29.2 Å². The number of aliphatic imine (C=N–C) groups is 1. The van der Waals surface area contributed by atoms with Crippen molar-refractivity contribution >= 4 is 34.3 Å². The predicted octanol–water partition coefficient (Wildman–Crippen LogP) is 3.57. The number of anilines is 1. The van der Waals surface area contributed by atoms with Gasteiger partial charge in [-0.1, -0.05) is 23.9 Å². The minimum atomic E-state index is -0.380. The van der Waals surface area contributed by atoms with Gasteiger partial charge >= 0.3 is 0 Å². The molecule has 1 amide bonds. The van der Waals surface area contributed by atoms with E-state index in [4.69, 9.17) is 10.5 Å². The van der Waals surface area contributed by atoms with Gasteiger partial charge in [0.25, 0.3) is 5.91 Å². The highest BCUT2D eigenvalue weighted by Gasteiger charge is 2.29. The van der Waals surface area contributed by atoms with Gasteiger partial charge in [0.15, 0.2) is 17.6 Å². The number of hydrogen-bond donors (Lipinski definition) is 2. The molecule has 0 saturated heterocycles. The molecule has 0 fully saturated rings. The maximum atomic E-state index is 12.2. The monoisotopic (exact) mass is 397 g/mol. The first kappa shape index (κ1) is 19.9. The largest absolute Gasteiger partial charge is 0.484 e. The van der Waals surface area contributed by atoms with Crippen molar-refractivity contribution in [1.82, 2.24) is 0 Å². The van der Waals surface area contributed by atoms with E-state index in [2.05, 4.69) is 17.2 Å². The van der Waals surface area contributed by atoms with Gasteiger partial charge in [0, 0.05) is 17.0 Å². The number of rotatable bonds is 6. The van der Waals surface area contributed by atoms with Crippen molar-refractivity contribution in [2.45, 2.75) is 25.8 Å². The molecule has 1 heterocycles. The molecular weight excluding hydrogens is 374 g/mol. The third-order valence-electron chi connectivity index (χ3n) is 4.60. The van der Waals surface area contributed by atoms with Crippen molar-refractivity contribution in [3.63, 3.8) is 0 Å². The molecule has 1 atom stereocenters. The van der Waals surface area contributed by atoms with Crippen LogP contribution in [0.3, 0.4) is 0 Å². The number of amides is 1. The first-order chi connectivity index (χ1) is 13.4. The molecule has 0 saturated carbocycles. The van der Waals surface area contributed by atoms with Crippen LogP contribution in [0.15, 0.2) is 53.5 Å². The molecule has 146 valence electrons. The average Bonchev–Trinajstić information content (AvgIpc) is 2.67. The van der Waals surface area contributed by atoms with Crippen LogP contribution in [0.2, 0.25) is 0 Å². The van der Waals surface area contributed by atoms with Crippen molar-refractivity contribution in [3.8, 4) is 5.75 Å². The van der Waals surface area contributed by atoms with Gasteiger partial charge in [-0.3, -0.25) is 14.6 Å². The van der Waals surface area contributed by atoms with Gasteiger partial charge < -0.3 is 15.8 Å². The summed E-state index contributed by atoms with van der Waals surface area (Å²) in [7, 11) is 0. The lowest BCUT2D eigenvalue weighted by Crippen LogP contribution is -2.28. The highest BCUT2D eigenvalue weighted by atomic mass is 32.2. The molecule has 1 aliphatic heterocycles. The van der Waals surface area contributed by atoms with Crippen LogP contribution in [0.4, 0.5) is 5.69 Å². The maximum absolute atomic E-state index is 12.2. The second-order valence-corrected chi connectivity index (χ2v) is 7.94. The van der Waals surface area contributed by atoms with Gasteiger partial charge in [0.2, 0.25) is 0 Å². The summed E-state index contributed by atoms with van der Waals surface area (Å²) in [5.41, 5.74) is 7.74. The summed E-state index contributed by atoms with van der Waals surface area (Å²) in [5, 5.41) is 3.35. The fourth-order valence-corrected chi connectivity index (χ4v) is 3.92. The number of carbonyl (C=O) groups is 2. The van der Waals surface area contributed by atoms with Crippen LogP contribution < -0.4 is 15.8 Å². The summed E-state index contributed by atoms with van der Waals surface area (Å²) in [6.07, 6.45) is 0.887. The van der Waals surface area contributed by atoms with Gasteiger partial charge in [-0.05, 0) is 62.2 Å². The molecule has 28 heavy (non-hydrogen) atoms. The Balaban J connectivity index is 1.61. The first-order valence-electron chi connectivity index (χ1n) is 8.98. The summed E-state index contributed by atoms with van der Waals surface area (Å²) >= 11 is 1.56. The third kappa shape index (κ3) is 4.92. The Morgan fingerprint density at radius 1 is 1.25 bits per heavy atom. The van der Waals surface area contributed by atoms with Crippen LogP contribution in [-0.2, 0) is 10.3 Å². The molecule has 7 heteroatoms. The third-order valence-corrected chi connectivity index (χ3v) is 5.39. The molecule has 0 bridgehead atoms. The van der Waals surface area contributed by atoms with Crippen molar-refractivity contribution in [3.05, 3.63) is 59.7 Å². The van der Waals surface area contributed by atoms with Crippen molar-refractivity contribution in [1.29, 1.82) is 0 Å². The summed E-state index contributed by atoms with van der Waals surface area (Å²) in [6, 6.07) is 14.3. The van der Waals surface area contributed by atoms with Gasteiger partial charge in [-0.2, -0.15) is 0 Å². The number of carbonyl (C=O) groups excluding carboxylic acids is 2. The lowest BCUT2D eigenvalue weighted by Gasteiger charge is -2.30. The number of ketones is 1. The number of hydrogen-bond acceptors (Lipinski definition) is 6. The molecule has 0 spiro atoms. The maximum Gasteiger partial charge on any atom is 0.262 e. The Hall–Kier alpha value is -2.80. The van der Waals surface area contributed by atoms with E-state index in [-0.39, 0.29) is 23.8 Å². The lowest BCUT2D eigenvalue weighted by atomic mass is 9.90. The first-order valence-corrected chi connectivity index (χ1v) is 9.97. The average molecular weight is 398 g/mol. The summed E-state index contributed by atoms with van der Waals surface area (Å²) in [6.45, 7) is 3.44. The Labute approximate surface area is 168 Å². The fraction of sp³-hybridized carbons (Fsp3) is 0.286. The van der Waals surface area contributed by atoms with Crippen LogP contribution in [0.1, 0.15) is 36.2 Å². The van der Waals surface area contributed by atoms with Crippen molar-refractivity contribution < 1.29 is 14.3 Å². The molecule has 0 aromatic heterocycles. The molecule has 1 aliphatic rings. The summed E-state index contributed by atoms with van der Waals surface area (Å²) in [5.74, 6) is 1.23. The molecular formula is C21H23N3O3S.